The summed E-state index contributed by atoms with van der Waals surface area (Å²) in [5.74, 6) is -0.277. The number of hydrogen-bond acceptors (Lipinski definition) is 4. The molecule has 0 aliphatic carbocycles. The average Bonchev–Trinajstić information content (AvgIpc) is 2.19. The Labute approximate surface area is 76.8 Å². The van der Waals surface area contributed by atoms with Gasteiger partial charge in [-0.1, -0.05) is 0 Å². The van der Waals surface area contributed by atoms with Crippen molar-refractivity contribution in [3.8, 4) is 6.19 Å². The monoisotopic (exact) mass is 183 g/mol. The Bertz CT molecular complexity index is 228. The van der Waals surface area contributed by atoms with Crippen molar-refractivity contribution in [2.75, 3.05) is 19.8 Å². The molecule has 1 rings (SSSR count). The molecule has 1 fully saturated rings. The molecule has 1 saturated heterocycles. The number of amides is 1. The lowest BCUT2D eigenvalue weighted by Crippen LogP contribution is -2.48. The molecule has 5 nitrogen and oxygen atoms in total. The molecule has 0 spiro atoms. The minimum absolute atomic E-state index is 0.268. The summed E-state index contributed by atoms with van der Waals surface area (Å²) in [6, 6.07) is 0. The molecule has 1 aliphatic rings. The van der Waals surface area contributed by atoms with Gasteiger partial charge in [0.1, 0.15) is 0 Å². The number of carbonyl (C=O) groups is 1. The highest BCUT2D eigenvalue weighted by Gasteiger charge is 2.38. The minimum Gasteiger partial charge on any atom is -0.381 e. The fourth-order valence-corrected chi connectivity index (χ4v) is 1.47. The highest BCUT2D eigenvalue weighted by molar-refractivity contribution is 5.84. The Morgan fingerprint density at radius 3 is 2.69 bits per heavy atom. The van der Waals surface area contributed by atoms with E-state index in [1.165, 1.54) is 0 Å². The number of ether oxygens (including phenoxy) is 1. The van der Waals surface area contributed by atoms with E-state index in [1.54, 1.807) is 6.19 Å². The van der Waals surface area contributed by atoms with E-state index in [4.69, 9.17) is 15.7 Å². The van der Waals surface area contributed by atoms with Gasteiger partial charge in [-0.15, -0.1) is 0 Å². The van der Waals surface area contributed by atoms with Crippen molar-refractivity contribution in [2.45, 2.75) is 12.8 Å². The second-order valence-corrected chi connectivity index (χ2v) is 3.16. The van der Waals surface area contributed by atoms with E-state index in [-0.39, 0.29) is 12.5 Å². The van der Waals surface area contributed by atoms with Gasteiger partial charge in [-0.25, -0.2) is 0 Å². The predicted octanol–water partition coefficient (Wildman–Crippen LogP) is -0.661. The summed E-state index contributed by atoms with van der Waals surface area (Å²) in [6.45, 7) is 1.34. The molecule has 0 saturated carbocycles. The SMILES string of the molecule is N#CNC(=O)C1(CN)CCOCC1. The van der Waals surface area contributed by atoms with Gasteiger partial charge in [0.25, 0.3) is 0 Å². The van der Waals surface area contributed by atoms with Gasteiger partial charge in [0.05, 0.1) is 5.41 Å². The predicted molar refractivity (Wildman–Crippen MR) is 45.3 cm³/mol. The second kappa shape index (κ2) is 4.21. The highest BCUT2D eigenvalue weighted by atomic mass is 16.5. The third kappa shape index (κ3) is 1.97. The lowest BCUT2D eigenvalue weighted by atomic mass is 9.79. The van der Waals surface area contributed by atoms with Crippen LogP contribution in [0.2, 0.25) is 0 Å². The Morgan fingerprint density at radius 2 is 2.23 bits per heavy atom. The Kier molecular flexibility index (Phi) is 3.23. The molecule has 0 unspecified atom stereocenters. The third-order valence-electron chi connectivity index (χ3n) is 2.49. The van der Waals surface area contributed by atoms with Crippen molar-refractivity contribution >= 4 is 5.91 Å². The van der Waals surface area contributed by atoms with Gasteiger partial charge >= 0.3 is 0 Å². The van der Waals surface area contributed by atoms with Crippen LogP contribution in [-0.2, 0) is 9.53 Å². The maximum Gasteiger partial charge on any atom is 0.240 e. The lowest BCUT2D eigenvalue weighted by molar-refractivity contribution is -0.134. The van der Waals surface area contributed by atoms with Gasteiger partial charge in [-0.2, -0.15) is 5.26 Å². The molecule has 1 heterocycles. The van der Waals surface area contributed by atoms with E-state index in [0.717, 1.165) is 0 Å². The van der Waals surface area contributed by atoms with Gasteiger partial charge in [0.15, 0.2) is 6.19 Å². The normalized spacial score (nSPS) is 20.3. The third-order valence-corrected chi connectivity index (χ3v) is 2.49. The van der Waals surface area contributed by atoms with Crippen molar-refractivity contribution in [1.82, 2.24) is 5.32 Å². The van der Waals surface area contributed by atoms with Crippen LogP contribution in [0.1, 0.15) is 12.8 Å². The first-order valence-electron chi connectivity index (χ1n) is 4.22. The van der Waals surface area contributed by atoms with Crippen LogP contribution in [0.5, 0.6) is 0 Å². The zero-order chi connectivity index (χ0) is 9.73. The fourth-order valence-electron chi connectivity index (χ4n) is 1.47. The molecule has 5 heteroatoms. The Hall–Kier alpha value is -1.12. The molecular weight excluding hydrogens is 170 g/mol. The Morgan fingerprint density at radius 1 is 1.62 bits per heavy atom. The zero-order valence-electron chi connectivity index (χ0n) is 7.38. The second-order valence-electron chi connectivity index (χ2n) is 3.16. The molecule has 1 aliphatic heterocycles. The van der Waals surface area contributed by atoms with Gasteiger partial charge < -0.3 is 10.5 Å². The van der Waals surface area contributed by atoms with E-state index in [9.17, 15) is 4.79 Å². The molecule has 0 atom stereocenters. The number of rotatable bonds is 2. The number of nitriles is 1. The molecule has 3 N–H and O–H groups in total. The molecule has 0 aromatic carbocycles. The number of hydrogen-bond donors (Lipinski definition) is 2. The standard InChI is InChI=1S/C8H13N3O2/c9-5-8(7(12)11-6-10)1-3-13-4-2-8/h1-5,9H2,(H,11,12). The van der Waals surface area contributed by atoms with E-state index < -0.39 is 5.41 Å². The Balaban J connectivity index is 2.67. The first-order chi connectivity index (χ1) is 6.25. The largest absolute Gasteiger partial charge is 0.381 e. The fraction of sp³-hybridized carbons (Fsp3) is 0.750. The van der Waals surface area contributed by atoms with Crippen molar-refractivity contribution in [1.29, 1.82) is 5.26 Å². The molecular formula is C8H13N3O2. The number of nitrogens with zero attached hydrogens (tertiary/aromatic N) is 1. The molecule has 0 bridgehead atoms. The van der Waals surface area contributed by atoms with Gasteiger partial charge in [0, 0.05) is 19.8 Å². The molecule has 1 amide bonds. The topological polar surface area (TPSA) is 88.1 Å². The van der Waals surface area contributed by atoms with Gasteiger partial charge in [0.2, 0.25) is 5.91 Å². The van der Waals surface area contributed by atoms with E-state index >= 15 is 0 Å². The van der Waals surface area contributed by atoms with Gasteiger partial charge in [-0.3, -0.25) is 10.1 Å². The number of nitrogens with one attached hydrogen (secondary N) is 1. The molecule has 0 aromatic heterocycles. The van der Waals surface area contributed by atoms with Crippen LogP contribution in [0.4, 0.5) is 0 Å². The van der Waals surface area contributed by atoms with Crippen molar-refractivity contribution in [3.05, 3.63) is 0 Å². The maximum absolute atomic E-state index is 11.5. The van der Waals surface area contributed by atoms with Crippen LogP contribution in [-0.4, -0.2) is 25.7 Å². The zero-order valence-corrected chi connectivity index (χ0v) is 7.38. The number of carbonyl (C=O) groups excluding carboxylic acids is 1. The summed E-state index contributed by atoms with van der Waals surface area (Å²) in [5, 5.41) is 10.5. The summed E-state index contributed by atoms with van der Waals surface area (Å²) in [6.07, 6.45) is 2.82. The van der Waals surface area contributed by atoms with Crippen molar-refractivity contribution < 1.29 is 9.53 Å². The first kappa shape index (κ1) is 9.96. The van der Waals surface area contributed by atoms with E-state index in [2.05, 4.69) is 5.32 Å². The van der Waals surface area contributed by atoms with Gasteiger partial charge in [-0.05, 0) is 12.8 Å². The molecule has 0 aromatic rings. The summed E-state index contributed by atoms with van der Waals surface area (Å²) < 4.78 is 5.14. The number of nitrogens with two attached hydrogens (primary N) is 1. The van der Waals surface area contributed by atoms with Crippen LogP contribution in [0.25, 0.3) is 0 Å². The van der Waals surface area contributed by atoms with Crippen molar-refractivity contribution in [3.63, 3.8) is 0 Å². The smallest absolute Gasteiger partial charge is 0.240 e. The summed E-state index contributed by atoms with van der Waals surface area (Å²) in [5.41, 5.74) is 4.95. The average molecular weight is 183 g/mol. The van der Waals surface area contributed by atoms with Crippen LogP contribution >= 0.6 is 0 Å². The molecule has 0 radical (unpaired) electrons. The molecule has 13 heavy (non-hydrogen) atoms. The van der Waals surface area contributed by atoms with Crippen LogP contribution in [0, 0.1) is 16.9 Å². The molecule has 72 valence electrons. The maximum atomic E-state index is 11.5. The van der Waals surface area contributed by atoms with E-state index in [0.29, 0.717) is 26.1 Å². The highest BCUT2D eigenvalue weighted by Crippen LogP contribution is 2.29. The summed E-state index contributed by atoms with van der Waals surface area (Å²) >= 11 is 0. The quantitative estimate of drug-likeness (QED) is 0.439. The van der Waals surface area contributed by atoms with E-state index in [1.807, 2.05) is 0 Å². The lowest BCUT2D eigenvalue weighted by Gasteiger charge is -2.33. The first-order valence-corrected chi connectivity index (χ1v) is 4.22. The van der Waals surface area contributed by atoms with Crippen molar-refractivity contribution in [2.24, 2.45) is 11.1 Å². The minimum atomic E-state index is -0.589. The van der Waals surface area contributed by atoms with Crippen LogP contribution < -0.4 is 11.1 Å². The van der Waals surface area contributed by atoms with Crippen LogP contribution in [0.15, 0.2) is 0 Å². The van der Waals surface area contributed by atoms with Crippen LogP contribution in [0.3, 0.4) is 0 Å². The summed E-state index contributed by atoms with van der Waals surface area (Å²) in [4.78, 5) is 11.5. The summed E-state index contributed by atoms with van der Waals surface area (Å²) in [7, 11) is 0.